The van der Waals surface area contributed by atoms with Gasteiger partial charge in [-0.15, -0.1) is 0 Å². The third kappa shape index (κ3) is 3.44. The lowest BCUT2D eigenvalue weighted by atomic mass is 10.2. The van der Waals surface area contributed by atoms with Gasteiger partial charge in [-0.05, 0) is 57.2 Å². The van der Waals surface area contributed by atoms with Crippen LogP contribution in [-0.2, 0) is 0 Å². The van der Waals surface area contributed by atoms with Gasteiger partial charge < -0.3 is 5.32 Å². The van der Waals surface area contributed by atoms with Crippen molar-refractivity contribution in [3.05, 3.63) is 35.2 Å². The van der Waals surface area contributed by atoms with Crippen LogP contribution in [0.15, 0.2) is 28.4 Å². The van der Waals surface area contributed by atoms with Crippen LogP contribution in [0.1, 0.15) is 23.9 Å². The number of aryl methyl sites for hydroxylation is 2. The molecule has 0 amide bonds. The third-order valence-electron chi connectivity index (χ3n) is 2.89. The lowest BCUT2D eigenvalue weighted by Crippen LogP contribution is -2.00. The molecule has 0 bridgehead atoms. The van der Waals surface area contributed by atoms with Crippen molar-refractivity contribution in [1.29, 1.82) is 0 Å². The maximum Gasteiger partial charge on any atom is 0.194 e. The van der Waals surface area contributed by atoms with Crippen LogP contribution in [0.5, 0.6) is 0 Å². The van der Waals surface area contributed by atoms with Crippen LogP contribution in [0, 0.1) is 20.8 Å². The van der Waals surface area contributed by atoms with Crippen molar-refractivity contribution in [2.24, 2.45) is 0 Å². The number of nitrogens with zero attached hydrogens (tertiary/aromatic N) is 3. The summed E-state index contributed by atoms with van der Waals surface area (Å²) in [6.07, 6.45) is 0. The minimum atomic E-state index is 0.752. The van der Waals surface area contributed by atoms with Gasteiger partial charge in [0.2, 0.25) is 0 Å². The average molecular weight is 274 g/mol. The van der Waals surface area contributed by atoms with E-state index >= 15 is 0 Å². The van der Waals surface area contributed by atoms with Crippen LogP contribution < -0.4 is 5.32 Å². The van der Waals surface area contributed by atoms with E-state index in [1.807, 2.05) is 39.0 Å². The topological polar surface area (TPSA) is 50.7 Å². The summed E-state index contributed by atoms with van der Waals surface area (Å²) in [5.41, 5.74) is 3.20. The van der Waals surface area contributed by atoms with Gasteiger partial charge in [0.05, 0.1) is 0 Å². The molecule has 0 aliphatic carbocycles. The molecule has 0 aliphatic heterocycles. The van der Waals surface area contributed by atoms with Gasteiger partial charge in [-0.3, -0.25) is 0 Å². The standard InChI is InChI=1S/C14H18N4S/c1-5-15-12-7-6-8-13(18-12)19-14-16-10(3)9(2)11(4)17-14/h6-8H,5H2,1-4H3,(H,15,18). The molecule has 100 valence electrons. The number of aromatic nitrogens is 3. The van der Waals surface area contributed by atoms with E-state index in [9.17, 15) is 0 Å². The fourth-order valence-electron chi connectivity index (χ4n) is 1.63. The molecule has 19 heavy (non-hydrogen) atoms. The molecule has 2 aromatic rings. The van der Waals surface area contributed by atoms with E-state index in [-0.39, 0.29) is 0 Å². The lowest BCUT2D eigenvalue weighted by Gasteiger charge is -2.07. The van der Waals surface area contributed by atoms with E-state index < -0.39 is 0 Å². The van der Waals surface area contributed by atoms with E-state index in [0.717, 1.165) is 39.5 Å². The molecule has 0 saturated heterocycles. The molecule has 2 heterocycles. The normalized spacial score (nSPS) is 10.5. The van der Waals surface area contributed by atoms with Crippen molar-refractivity contribution in [2.45, 2.75) is 37.9 Å². The van der Waals surface area contributed by atoms with Gasteiger partial charge in [-0.25, -0.2) is 15.0 Å². The van der Waals surface area contributed by atoms with Crippen molar-refractivity contribution < 1.29 is 0 Å². The highest BCUT2D eigenvalue weighted by Crippen LogP contribution is 2.25. The first-order valence-electron chi connectivity index (χ1n) is 6.30. The van der Waals surface area contributed by atoms with Gasteiger partial charge >= 0.3 is 0 Å². The molecule has 0 aliphatic rings. The summed E-state index contributed by atoms with van der Waals surface area (Å²) < 4.78 is 0. The summed E-state index contributed by atoms with van der Waals surface area (Å²) in [4.78, 5) is 13.5. The van der Waals surface area contributed by atoms with Crippen LogP contribution in [0.3, 0.4) is 0 Å². The minimum absolute atomic E-state index is 0.752. The second kappa shape index (κ2) is 6.02. The Bertz CT molecular complexity index is 560. The first-order chi connectivity index (χ1) is 9.10. The van der Waals surface area contributed by atoms with Crippen LogP contribution >= 0.6 is 11.8 Å². The Morgan fingerprint density at radius 3 is 2.37 bits per heavy atom. The summed E-state index contributed by atoms with van der Waals surface area (Å²) in [6.45, 7) is 8.98. The smallest absolute Gasteiger partial charge is 0.194 e. The summed E-state index contributed by atoms with van der Waals surface area (Å²) in [6, 6.07) is 5.92. The molecule has 0 unspecified atom stereocenters. The number of hydrogen-bond acceptors (Lipinski definition) is 5. The Morgan fingerprint density at radius 2 is 1.74 bits per heavy atom. The minimum Gasteiger partial charge on any atom is -0.370 e. The van der Waals surface area contributed by atoms with Crippen LogP contribution in [0.4, 0.5) is 5.82 Å². The molecule has 2 rings (SSSR count). The largest absolute Gasteiger partial charge is 0.370 e. The zero-order valence-electron chi connectivity index (χ0n) is 11.7. The van der Waals surface area contributed by atoms with Crippen LogP contribution in [-0.4, -0.2) is 21.5 Å². The highest BCUT2D eigenvalue weighted by atomic mass is 32.2. The van der Waals surface area contributed by atoms with Gasteiger partial charge in [0.1, 0.15) is 10.8 Å². The Balaban J connectivity index is 2.23. The monoisotopic (exact) mass is 274 g/mol. The molecule has 0 saturated carbocycles. The van der Waals surface area contributed by atoms with E-state index in [0.29, 0.717) is 0 Å². The van der Waals surface area contributed by atoms with E-state index in [4.69, 9.17) is 0 Å². The third-order valence-corrected chi connectivity index (χ3v) is 3.69. The summed E-state index contributed by atoms with van der Waals surface area (Å²) >= 11 is 1.49. The van der Waals surface area contributed by atoms with Crippen LogP contribution in [0.2, 0.25) is 0 Å². The van der Waals surface area contributed by atoms with Gasteiger partial charge in [-0.1, -0.05) is 6.07 Å². The molecular formula is C14H18N4S. The van der Waals surface area contributed by atoms with Crippen molar-refractivity contribution in [3.63, 3.8) is 0 Å². The van der Waals surface area contributed by atoms with Crippen LogP contribution in [0.25, 0.3) is 0 Å². The average Bonchev–Trinajstić information content (AvgIpc) is 2.37. The first kappa shape index (κ1) is 13.8. The zero-order chi connectivity index (χ0) is 13.8. The SMILES string of the molecule is CCNc1cccc(Sc2nc(C)c(C)c(C)n2)n1. The predicted octanol–water partition coefficient (Wildman–Crippen LogP) is 3.38. The molecule has 4 nitrogen and oxygen atoms in total. The van der Waals surface area contributed by atoms with E-state index in [1.165, 1.54) is 11.8 Å². The molecular weight excluding hydrogens is 256 g/mol. The fourth-order valence-corrected chi connectivity index (χ4v) is 2.47. The lowest BCUT2D eigenvalue weighted by molar-refractivity contribution is 0.878. The molecule has 5 heteroatoms. The maximum atomic E-state index is 4.51. The highest BCUT2D eigenvalue weighted by Gasteiger charge is 2.07. The summed E-state index contributed by atoms with van der Waals surface area (Å²) in [7, 11) is 0. The molecule has 0 spiro atoms. The number of rotatable bonds is 4. The van der Waals surface area contributed by atoms with Gasteiger partial charge in [-0.2, -0.15) is 0 Å². The fraction of sp³-hybridized carbons (Fsp3) is 0.357. The van der Waals surface area contributed by atoms with E-state index in [1.54, 1.807) is 0 Å². The molecule has 0 atom stereocenters. The van der Waals surface area contributed by atoms with E-state index in [2.05, 4.69) is 27.2 Å². The quantitative estimate of drug-likeness (QED) is 0.866. The van der Waals surface area contributed by atoms with Gasteiger partial charge in [0.15, 0.2) is 5.16 Å². The van der Waals surface area contributed by atoms with Crippen molar-refractivity contribution in [3.8, 4) is 0 Å². The molecule has 2 aromatic heterocycles. The van der Waals surface area contributed by atoms with Crippen molar-refractivity contribution in [2.75, 3.05) is 11.9 Å². The Morgan fingerprint density at radius 1 is 1.05 bits per heavy atom. The number of hydrogen-bond donors (Lipinski definition) is 1. The highest BCUT2D eigenvalue weighted by molar-refractivity contribution is 7.99. The summed E-state index contributed by atoms with van der Waals surface area (Å²) in [5, 5.41) is 4.86. The maximum absolute atomic E-state index is 4.51. The number of pyridine rings is 1. The van der Waals surface area contributed by atoms with Gasteiger partial charge in [0, 0.05) is 17.9 Å². The second-order valence-corrected chi connectivity index (χ2v) is 5.28. The van der Waals surface area contributed by atoms with Gasteiger partial charge in [0.25, 0.3) is 0 Å². The predicted molar refractivity (Wildman–Crippen MR) is 78.8 cm³/mol. The Labute approximate surface area is 118 Å². The molecule has 1 N–H and O–H groups in total. The number of anilines is 1. The van der Waals surface area contributed by atoms with Crippen molar-refractivity contribution in [1.82, 2.24) is 15.0 Å². The second-order valence-electron chi connectivity index (χ2n) is 4.30. The summed E-state index contributed by atoms with van der Waals surface area (Å²) in [5.74, 6) is 0.882. The zero-order valence-corrected chi connectivity index (χ0v) is 12.5. The molecule has 0 radical (unpaired) electrons. The first-order valence-corrected chi connectivity index (χ1v) is 7.12. The Kier molecular flexibility index (Phi) is 4.37. The number of nitrogens with one attached hydrogen (secondary N) is 1. The molecule has 0 aromatic carbocycles. The molecule has 0 fully saturated rings. The Hall–Kier alpha value is -1.62. The van der Waals surface area contributed by atoms with Crippen molar-refractivity contribution >= 4 is 17.6 Å².